The van der Waals surface area contributed by atoms with E-state index in [1.165, 1.54) is 0 Å². The maximum Gasteiger partial charge on any atom is 0.0593 e. The molecule has 1 aliphatic heterocycles. The molecule has 0 unspecified atom stereocenters. The second kappa shape index (κ2) is 5.28. The number of hydrogen-bond acceptors (Lipinski definition) is 3. The Balaban J connectivity index is 1.65. The average Bonchev–Trinajstić information content (AvgIpc) is 2.66. The molecule has 1 aromatic heterocycles. The minimum absolute atomic E-state index is 0.635. The van der Waals surface area contributed by atoms with Gasteiger partial charge >= 0.3 is 0 Å². The van der Waals surface area contributed by atoms with Crippen molar-refractivity contribution in [1.29, 1.82) is 0 Å². The Morgan fingerprint density at radius 3 is 3.00 bits per heavy atom. The molecule has 2 heterocycles. The van der Waals surface area contributed by atoms with Gasteiger partial charge in [0.25, 0.3) is 0 Å². The molecular formula is C11H19N3O. The summed E-state index contributed by atoms with van der Waals surface area (Å²) in [5, 5.41) is 7.88. The molecule has 0 atom stereocenters. The third-order valence-corrected chi connectivity index (χ3v) is 2.77. The molecule has 1 aliphatic rings. The van der Waals surface area contributed by atoms with E-state index in [9.17, 15) is 0 Å². The maximum atomic E-state index is 5.31. The number of hydrogen-bond donors (Lipinski definition) is 1. The van der Waals surface area contributed by atoms with E-state index in [2.05, 4.69) is 10.4 Å². The number of aromatic nitrogens is 2. The summed E-state index contributed by atoms with van der Waals surface area (Å²) in [6.45, 7) is 5.76. The molecular weight excluding hydrogens is 190 g/mol. The summed E-state index contributed by atoms with van der Waals surface area (Å²) < 4.78 is 7.30. The first-order valence-corrected chi connectivity index (χ1v) is 5.66. The predicted octanol–water partition coefficient (Wildman–Crippen LogP) is 0.960. The van der Waals surface area contributed by atoms with Gasteiger partial charge < -0.3 is 10.1 Å². The number of ether oxygens (including phenoxy) is 1. The summed E-state index contributed by atoms with van der Waals surface area (Å²) in [6, 6.07) is 2.67. The predicted molar refractivity (Wildman–Crippen MR) is 58.8 cm³/mol. The first-order valence-electron chi connectivity index (χ1n) is 5.66. The van der Waals surface area contributed by atoms with Crippen molar-refractivity contribution < 1.29 is 4.74 Å². The van der Waals surface area contributed by atoms with Crippen LogP contribution in [0.25, 0.3) is 0 Å². The van der Waals surface area contributed by atoms with Crippen molar-refractivity contribution in [3.05, 3.63) is 18.0 Å². The lowest BCUT2D eigenvalue weighted by Gasteiger charge is -2.23. The van der Waals surface area contributed by atoms with Crippen LogP contribution in [0.15, 0.2) is 12.3 Å². The van der Waals surface area contributed by atoms with Crippen LogP contribution in [0.2, 0.25) is 0 Å². The molecule has 1 aromatic rings. The molecule has 15 heavy (non-hydrogen) atoms. The van der Waals surface area contributed by atoms with Crippen molar-refractivity contribution in [2.24, 2.45) is 0 Å². The van der Waals surface area contributed by atoms with Gasteiger partial charge in [-0.15, -0.1) is 0 Å². The molecule has 0 bridgehead atoms. The minimum Gasteiger partial charge on any atom is -0.381 e. The molecule has 4 heteroatoms. The smallest absolute Gasteiger partial charge is 0.0593 e. The van der Waals surface area contributed by atoms with Gasteiger partial charge in [-0.25, -0.2) is 0 Å². The highest BCUT2D eigenvalue weighted by Crippen LogP contribution is 2.05. The second-order valence-electron chi connectivity index (χ2n) is 4.06. The first kappa shape index (κ1) is 10.6. The Bertz CT molecular complexity index is 292. The Labute approximate surface area is 90.6 Å². The Morgan fingerprint density at radius 1 is 1.53 bits per heavy atom. The largest absolute Gasteiger partial charge is 0.381 e. The molecule has 0 aromatic carbocycles. The zero-order valence-electron chi connectivity index (χ0n) is 9.28. The summed E-state index contributed by atoms with van der Waals surface area (Å²) in [6.07, 6.45) is 4.30. The van der Waals surface area contributed by atoms with Gasteiger partial charge in [-0.1, -0.05) is 0 Å². The number of aryl methyl sites for hydroxylation is 1. The van der Waals surface area contributed by atoms with E-state index in [1.54, 1.807) is 0 Å². The van der Waals surface area contributed by atoms with Crippen molar-refractivity contribution in [3.63, 3.8) is 0 Å². The average molecular weight is 209 g/mol. The fraction of sp³-hybridized carbons (Fsp3) is 0.727. The summed E-state index contributed by atoms with van der Waals surface area (Å²) >= 11 is 0. The van der Waals surface area contributed by atoms with Crippen LogP contribution in [0.5, 0.6) is 0 Å². The lowest BCUT2D eigenvalue weighted by atomic mass is 10.1. The maximum absolute atomic E-state index is 5.31. The van der Waals surface area contributed by atoms with Crippen molar-refractivity contribution in [3.8, 4) is 0 Å². The van der Waals surface area contributed by atoms with Gasteiger partial charge in [-0.2, -0.15) is 5.10 Å². The third kappa shape index (κ3) is 3.32. The van der Waals surface area contributed by atoms with E-state index in [-0.39, 0.29) is 0 Å². The van der Waals surface area contributed by atoms with E-state index in [0.717, 1.165) is 44.8 Å². The van der Waals surface area contributed by atoms with Crippen LogP contribution in [0.1, 0.15) is 18.5 Å². The van der Waals surface area contributed by atoms with Gasteiger partial charge in [0.1, 0.15) is 0 Å². The normalized spacial score (nSPS) is 18.2. The highest BCUT2D eigenvalue weighted by molar-refractivity contribution is 4.94. The van der Waals surface area contributed by atoms with E-state index in [1.807, 2.05) is 23.9 Å². The van der Waals surface area contributed by atoms with Crippen molar-refractivity contribution >= 4 is 0 Å². The SMILES string of the molecule is Cc1ccn(CCNC2CCOCC2)n1. The van der Waals surface area contributed by atoms with Crippen molar-refractivity contribution in [2.75, 3.05) is 19.8 Å². The van der Waals surface area contributed by atoms with E-state index < -0.39 is 0 Å². The molecule has 84 valence electrons. The monoisotopic (exact) mass is 209 g/mol. The Kier molecular flexibility index (Phi) is 3.75. The number of nitrogens with zero attached hydrogens (tertiary/aromatic N) is 2. The molecule has 2 rings (SSSR count). The topological polar surface area (TPSA) is 39.1 Å². The van der Waals surface area contributed by atoms with Gasteiger partial charge in [0.2, 0.25) is 0 Å². The third-order valence-electron chi connectivity index (χ3n) is 2.77. The van der Waals surface area contributed by atoms with Crippen molar-refractivity contribution in [2.45, 2.75) is 32.4 Å². The van der Waals surface area contributed by atoms with E-state index in [0.29, 0.717) is 6.04 Å². The van der Waals surface area contributed by atoms with Gasteiger partial charge in [0.05, 0.1) is 12.2 Å². The zero-order chi connectivity index (χ0) is 10.5. The second-order valence-corrected chi connectivity index (χ2v) is 4.06. The Hall–Kier alpha value is -0.870. The minimum atomic E-state index is 0.635. The highest BCUT2D eigenvalue weighted by atomic mass is 16.5. The molecule has 1 fully saturated rings. The molecule has 0 amide bonds. The van der Waals surface area contributed by atoms with Gasteiger partial charge in [0.15, 0.2) is 0 Å². The quantitative estimate of drug-likeness (QED) is 0.803. The highest BCUT2D eigenvalue weighted by Gasteiger charge is 2.12. The molecule has 4 nitrogen and oxygen atoms in total. The summed E-state index contributed by atoms with van der Waals surface area (Å²) in [7, 11) is 0. The summed E-state index contributed by atoms with van der Waals surface area (Å²) in [5.41, 5.74) is 1.08. The fourth-order valence-corrected chi connectivity index (χ4v) is 1.87. The van der Waals surface area contributed by atoms with Gasteiger partial charge in [-0.3, -0.25) is 4.68 Å². The van der Waals surface area contributed by atoms with Crippen LogP contribution in [0.3, 0.4) is 0 Å². The van der Waals surface area contributed by atoms with E-state index >= 15 is 0 Å². The molecule has 0 saturated carbocycles. The zero-order valence-corrected chi connectivity index (χ0v) is 9.28. The van der Waals surface area contributed by atoms with E-state index in [4.69, 9.17) is 4.74 Å². The van der Waals surface area contributed by atoms with Crippen LogP contribution in [0, 0.1) is 6.92 Å². The number of nitrogens with one attached hydrogen (secondary N) is 1. The van der Waals surface area contributed by atoms with Crippen LogP contribution >= 0.6 is 0 Å². The lowest BCUT2D eigenvalue weighted by molar-refractivity contribution is 0.0778. The van der Waals surface area contributed by atoms with Crippen LogP contribution in [-0.4, -0.2) is 35.6 Å². The first-order chi connectivity index (χ1) is 7.34. The molecule has 1 saturated heterocycles. The molecule has 0 aliphatic carbocycles. The van der Waals surface area contributed by atoms with Crippen LogP contribution in [-0.2, 0) is 11.3 Å². The van der Waals surface area contributed by atoms with Crippen molar-refractivity contribution in [1.82, 2.24) is 15.1 Å². The molecule has 1 N–H and O–H groups in total. The summed E-state index contributed by atoms with van der Waals surface area (Å²) in [5.74, 6) is 0. The fourth-order valence-electron chi connectivity index (χ4n) is 1.87. The molecule has 0 radical (unpaired) electrons. The van der Waals surface area contributed by atoms with Crippen LogP contribution < -0.4 is 5.32 Å². The Morgan fingerprint density at radius 2 is 2.33 bits per heavy atom. The number of rotatable bonds is 4. The standard InChI is InChI=1S/C11H19N3O/c1-10-2-6-14(13-10)7-5-12-11-3-8-15-9-4-11/h2,6,11-12H,3-5,7-9H2,1H3. The summed E-state index contributed by atoms with van der Waals surface area (Å²) in [4.78, 5) is 0. The lowest BCUT2D eigenvalue weighted by Crippen LogP contribution is -2.36. The molecule has 0 spiro atoms. The van der Waals surface area contributed by atoms with Crippen LogP contribution in [0.4, 0.5) is 0 Å². The van der Waals surface area contributed by atoms with Gasteiger partial charge in [0, 0.05) is 32.0 Å². The van der Waals surface area contributed by atoms with Gasteiger partial charge in [-0.05, 0) is 25.8 Å².